The van der Waals surface area contributed by atoms with Crippen molar-refractivity contribution in [3.8, 4) is 5.75 Å². The molecule has 1 rings (SSSR count). The molecule has 0 aromatic heterocycles. The molecule has 0 unspecified atom stereocenters. The topological polar surface area (TPSA) is 29.5 Å². The Balaban J connectivity index is 3.19. The van der Waals surface area contributed by atoms with Crippen LogP contribution in [-0.2, 0) is 5.41 Å². The van der Waals surface area contributed by atoms with Gasteiger partial charge in [0.15, 0.2) is 5.75 Å². The van der Waals surface area contributed by atoms with Gasteiger partial charge in [-0.05, 0) is 23.0 Å². The summed E-state index contributed by atoms with van der Waals surface area (Å²) < 4.78 is 0. The third kappa shape index (κ3) is 2.72. The highest BCUT2D eigenvalue weighted by Gasteiger charge is 2.17. The monoisotopic (exact) mass is 208 g/mol. The first-order valence-electron chi connectivity index (χ1n) is 5.32. The summed E-state index contributed by atoms with van der Waals surface area (Å²) in [5.74, 6) is 0.915. The maximum Gasteiger partial charge on any atom is 0.168 e. The van der Waals surface area contributed by atoms with Gasteiger partial charge in [-0.2, -0.15) is 0 Å². The van der Waals surface area contributed by atoms with Gasteiger partial charge >= 0.3 is 0 Å². The predicted octanol–water partition coefficient (Wildman–Crippen LogP) is 3.96. The smallest absolute Gasteiger partial charge is 0.168 e. The van der Waals surface area contributed by atoms with Crippen molar-refractivity contribution in [3.63, 3.8) is 0 Å². The van der Waals surface area contributed by atoms with Crippen molar-refractivity contribution >= 4 is 0 Å². The molecule has 0 saturated heterocycles. The first-order chi connectivity index (χ1) is 6.86. The molecule has 0 aliphatic carbocycles. The molecule has 1 N–H and O–H groups in total. The Bertz CT molecular complexity index is 335. The van der Waals surface area contributed by atoms with Crippen molar-refractivity contribution in [2.75, 3.05) is 0 Å². The van der Waals surface area contributed by atoms with E-state index in [1.165, 1.54) is 0 Å². The Labute approximate surface area is 91.8 Å². The first kappa shape index (κ1) is 12.1. The van der Waals surface area contributed by atoms with Gasteiger partial charge in [0, 0.05) is 5.56 Å². The van der Waals surface area contributed by atoms with Crippen LogP contribution in [0.1, 0.15) is 51.7 Å². The minimum atomic E-state index is 0.0722. The Morgan fingerprint density at radius 2 is 1.80 bits per heavy atom. The van der Waals surface area contributed by atoms with E-state index in [4.69, 9.17) is 5.26 Å². The molecule has 0 radical (unpaired) electrons. The van der Waals surface area contributed by atoms with E-state index in [1.54, 1.807) is 0 Å². The summed E-state index contributed by atoms with van der Waals surface area (Å²) >= 11 is 0. The van der Waals surface area contributed by atoms with Crippen LogP contribution >= 0.6 is 0 Å². The van der Waals surface area contributed by atoms with Gasteiger partial charge in [-0.25, -0.2) is 5.26 Å². The average molecular weight is 208 g/mol. The van der Waals surface area contributed by atoms with Gasteiger partial charge < -0.3 is 4.89 Å². The zero-order chi connectivity index (χ0) is 11.6. The lowest BCUT2D eigenvalue weighted by Crippen LogP contribution is -2.11. The highest BCUT2D eigenvalue weighted by molar-refractivity contribution is 5.41. The highest BCUT2D eigenvalue weighted by atomic mass is 17.1. The van der Waals surface area contributed by atoms with E-state index in [0.717, 1.165) is 11.1 Å². The predicted molar refractivity (Wildman–Crippen MR) is 62.5 cm³/mol. The van der Waals surface area contributed by atoms with Gasteiger partial charge in [0.2, 0.25) is 0 Å². The minimum absolute atomic E-state index is 0.0722. The summed E-state index contributed by atoms with van der Waals surface area (Å²) in [7, 11) is 0. The van der Waals surface area contributed by atoms with Crippen LogP contribution in [0.15, 0.2) is 18.2 Å². The standard InChI is InChI=1S/C13H20O2/c1-9(2)11-7-6-10(13(3,4)5)8-12(11)15-14/h6-9,14H,1-5H3. The summed E-state index contributed by atoms with van der Waals surface area (Å²) in [6.45, 7) is 10.6. The van der Waals surface area contributed by atoms with Crippen LogP contribution in [-0.4, -0.2) is 5.26 Å². The molecule has 15 heavy (non-hydrogen) atoms. The van der Waals surface area contributed by atoms with Gasteiger partial charge in [-0.15, -0.1) is 0 Å². The fourth-order valence-corrected chi connectivity index (χ4v) is 1.56. The van der Waals surface area contributed by atoms with Gasteiger partial charge in [-0.1, -0.05) is 46.8 Å². The zero-order valence-corrected chi connectivity index (χ0v) is 10.2. The normalized spacial score (nSPS) is 11.9. The summed E-state index contributed by atoms with van der Waals surface area (Å²) in [5.41, 5.74) is 2.27. The van der Waals surface area contributed by atoms with Crippen LogP contribution in [0.4, 0.5) is 0 Å². The maximum atomic E-state index is 8.86. The van der Waals surface area contributed by atoms with E-state index < -0.39 is 0 Å². The van der Waals surface area contributed by atoms with Crippen LogP contribution < -0.4 is 4.89 Å². The van der Waals surface area contributed by atoms with E-state index >= 15 is 0 Å². The first-order valence-corrected chi connectivity index (χ1v) is 5.32. The molecule has 0 aliphatic heterocycles. The molecule has 0 heterocycles. The van der Waals surface area contributed by atoms with Gasteiger partial charge in [0.25, 0.3) is 0 Å². The molecule has 0 atom stereocenters. The maximum absolute atomic E-state index is 8.86. The molecule has 1 aromatic rings. The van der Waals surface area contributed by atoms with Crippen molar-refractivity contribution in [2.45, 2.75) is 46.0 Å². The van der Waals surface area contributed by atoms with E-state index in [0.29, 0.717) is 11.7 Å². The van der Waals surface area contributed by atoms with E-state index in [-0.39, 0.29) is 5.41 Å². The summed E-state index contributed by atoms with van der Waals surface area (Å²) in [4.78, 5) is 4.44. The third-order valence-electron chi connectivity index (χ3n) is 2.60. The Morgan fingerprint density at radius 1 is 1.20 bits per heavy atom. The molecule has 84 valence electrons. The molecule has 0 saturated carbocycles. The van der Waals surface area contributed by atoms with Crippen molar-refractivity contribution < 1.29 is 10.1 Å². The molecule has 0 fully saturated rings. The molecule has 0 spiro atoms. The van der Waals surface area contributed by atoms with Crippen molar-refractivity contribution in [2.24, 2.45) is 0 Å². The lowest BCUT2D eigenvalue weighted by atomic mass is 9.85. The van der Waals surface area contributed by atoms with E-state index in [2.05, 4.69) is 45.6 Å². The van der Waals surface area contributed by atoms with E-state index in [9.17, 15) is 0 Å². The van der Waals surface area contributed by atoms with Crippen molar-refractivity contribution in [1.29, 1.82) is 0 Å². The van der Waals surface area contributed by atoms with Crippen LogP contribution in [0, 0.1) is 0 Å². The van der Waals surface area contributed by atoms with Crippen LogP contribution in [0.25, 0.3) is 0 Å². The van der Waals surface area contributed by atoms with Crippen LogP contribution in [0.3, 0.4) is 0 Å². The fraction of sp³-hybridized carbons (Fsp3) is 0.538. The molecular weight excluding hydrogens is 188 g/mol. The second-order valence-electron chi connectivity index (χ2n) is 5.25. The largest absolute Gasteiger partial charge is 0.340 e. The number of rotatable bonds is 2. The molecular formula is C13H20O2. The van der Waals surface area contributed by atoms with Gasteiger partial charge in [0.05, 0.1) is 0 Å². The Morgan fingerprint density at radius 3 is 2.20 bits per heavy atom. The molecule has 0 bridgehead atoms. The minimum Gasteiger partial charge on any atom is -0.340 e. The quantitative estimate of drug-likeness (QED) is 0.589. The van der Waals surface area contributed by atoms with Crippen molar-refractivity contribution in [3.05, 3.63) is 29.3 Å². The highest BCUT2D eigenvalue weighted by Crippen LogP contribution is 2.31. The zero-order valence-electron chi connectivity index (χ0n) is 10.2. The molecule has 0 aliphatic rings. The fourth-order valence-electron chi connectivity index (χ4n) is 1.56. The Kier molecular flexibility index (Phi) is 3.40. The summed E-state index contributed by atoms with van der Waals surface area (Å²) in [5, 5.41) is 8.86. The molecule has 2 nitrogen and oxygen atoms in total. The van der Waals surface area contributed by atoms with Gasteiger partial charge in [0.1, 0.15) is 0 Å². The molecule has 1 aromatic carbocycles. The SMILES string of the molecule is CC(C)c1ccc(C(C)(C)C)cc1OO. The second-order valence-corrected chi connectivity index (χ2v) is 5.25. The Hall–Kier alpha value is -1.02. The third-order valence-corrected chi connectivity index (χ3v) is 2.60. The van der Waals surface area contributed by atoms with Gasteiger partial charge in [-0.3, -0.25) is 0 Å². The molecule has 0 amide bonds. The number of hydrogen-bond acceptors (Lipinski definition) is 2. The number of benzene rings is 1. The molecule has 2 heteroatoms. The lowest BCUT2D eigenvalue weighted by molar-refractivity contribution is -0.138. The number of hydrogen-bond donors (Lipinski definition) is 1. The summed E-state index contributed by atoms with van der Waals surface area (Å²) in [6.07, 6.45) is 0. The average Bonchev–Trinajstić information content (AvgIpc) is 2.15. The summed E-state index contributed by atoms with van der Waals surface area (Å²) in [6, 6.07) is 6.03. The lowest BCUT2D eigenvalue weighted by Gasteiger charge is -2.21. The van der Waals surface area contributed by atoms with E-state index in [1.807, 2.05) is 12.1 Å². The van der Waals surface area contributed by atoms with Crippen molar-refractivity contribution in [1.82, 2.24) is 0 Å². The van der Waals surface area contributed by atoms with Crippen LogP contribution in [0.5, 0.6) is 5.75 Å². The second kappa shape index (κ2) is 4.23. The van der Waals surface area contributed by atoms with Crippen LogP contribution in [0.2, 0.25) is 0 Å².